The van der Waals surface area contributed by atoms with Crippen LogP contribution in [0.5, 0.6) is 0 Å². The number of nitrogens with one attached hydrogen (secondary N) is 1. The van der Waals surface area contributed by atoms with Crippen LogP contribution in [-0.4, -0.2) is 16.0 Å². The maximum atomic E-state index is 11.9. The summed E-state index contributed by atoms with van der Waals surface area (Å²) in [7, 11) is 0. The zero-order chi connectivity index (χ0) is 12.5. The Balaban J connectivity index is 2.24. The molecule has 17 heavy (non-hydrogen) atoms. The molecule has 1 saturated carbocycles. The second-order valence-corrected chi connectivity index (χ2v) is 5.07. The maximum absolute atomic E-state index is 11.9. The van der Waals surface area contributed by atoms with Gasteiger partial charge in [0.2, 0.25) is 11.8 Å². The number of aromatic nitrogens is 2. The molecule has 2 rings (SSSR count). The van der Waals surface area contributed by atoms with Crippen molar-refractivity contribution in [3.8, 4) is 0 Å². The first-order valence-electron chi connectivity index (χ1n) is 6.16. The Morgan fingerprint density at radius 3 is 2.53 bits per heavy atom. The standard InChI is InChI=1S/C12H19N3O2/c1-8(2)10(16)14-12(6-4-5-7-12)11-13-9(3)17-15-11/h8H,4-7H2,1-3H3,(H,14,16). The minimum atomic E-state index is -0.404. The second kappa shape index (κ2) is 4.47. The van der Waals surface area contributed by atoms with Crippen LogP contribution in [0.3, 0.4) is 0 Å². The largest absolute Gasteiger partial charge is 0.343 e. The monoisotopic (exact) mass is 237 g/mol. The SMILES string of the molecule is Cc1nc(C2(NC(=O)C(C)C)CCCC2)no1. The van der Waals surface area contributed by atoms with E-state index in [-0.39, 0.29) is 11.8 Å². The van der Waals surface area contributed by atoms with Crippen LogP contribution in [0.15, 0.2) is 4.52 Å². The summed E-state index contributed by atoms with van der Waals surface area (Å²) in [6, 6.07) is 0. The molecule has 1 heterocycles. The van der Waals surface area contributed by atoms with E-state index in [2.05, 4.69) is 15.5 Å². The molecule has 5 nitrogen and oxygen atoms in total. The molecule has 0 bridgehead atoms. The van der Waals surface area contributed by atoms with E-state index in [9.17, 15) is 4.79 Å². The van der Waals surface area contributed by atoms with E-state index in [0.717, 1.165) is 25.7 Å². The number of carbonyl (C=O) groups is 1. The molecule has 1 aromatic heterocycles. The van der Waals surface area contributed by atoms with Crippen molar-refractivity contribution in [2.24, 2.45) is 5.92 Å². The van der Waals surface area contributed by atoms with E-state index in [1.807, 2.05) is 13.8 Å². The van der Waals surface area contributed by atoms with Crippen LogP contribution in [0.1, 0.15) is 51.2 Å². The van der Waals surface area contributed by atoms with Crippen molar-refractivity contribution in [2.45, 2.75) is 52.0 Å². The Bertz CT molecular complexity index is 406. The van der Waals surface area contributed by atoms with Gasteiger partial charge in [0.15, 0.2) is 5.82 Å². The molecule has 0 atom stereocenters. The van der Waals surface area contributed by atoms with Crippen molar-refractivity contribution in [3.63, 3.8) is 0 Å². The molecule has 1 N–H and O–H groups in total. The number of aryl methyl sites for hydroxylation is 1. The Morgan fingerprint density at radius 1 is 1.41 bits per heavy atom. The van der Waals surface area contributed by atoms with Gasteiger partial charge in [0.25, 0.3) is 0 Å². The third-order valence-electron chi connectivity index (χ3n) is 3.30. The highest BCUT2D eigenvalue weighted by Crippen LogP contribution is 2.37. The van der Waals surface area contributed by atoms with Gasteiger partial charge >= 0.3 is 0 Å². The van der Waals surface area contributed by atoms with Crippen LogP contribution in [0, 0.1) is 12.8 Å². The molecule has 0 spiro atoms. The van der Waals surface area contributed by atoms with Gasteiger partial charge in [0.05, 0.1) is 0 Å². The molecule has 1 fully saturated rings. The lowest BCUT2D eigenvalue weighted by Gasteiger charge is -2.27. The molecule has 0 unspecified atom stereocenters. The number of nitrogens with zero attached hydrogens (tertiary/aromatic N) is 2. The molecule has 1 aliphatic rings. The summed E-state index contributed by atoms with van der Waals surface area (Å²) in [6.07, 6.45) is 3.97. The highest BCUT2D eigenvalue weighted by molar-refractivity contribution is 5.78. The van der Waals surface area contributed by atoms with E-state index in [1.165, 1.54) is 0 Å². The molecule has 0 radical (unpaired) electrons. The molecular weight excluding hydrogens is 218 g/mol. The molecule has 94 valence electrons. The van der Waals surface area contributed by atoms with E-state index in [4.69, 9.17) is 4.52 Å². The predicted molar refractivity (Wildman–Crippen MR) is 62.2 cm³/mol. The summed E-state index contributed by atoms with van der Waals surface area (Å²) in [6.45, 7) is 5.54. The van der Waals surface area contributed by atoms with Crippen molar-refractivity contribution >= 4 is 5.91 Å². The number of rotatable bonds is 3. The van der Waals surface area contributed by atoms with Crippen molar-refractivity contribution in [2.75, 3.05) is 0 Å². The third-order valence-corrected chi connectivity index (χ3v) is 3.30. The first-order valence-corrected chi connectivity index (χ1v) is 6.16. The first-order chi connectivity index (χ1) is 8.03. The van der Waals surface area contributed by atoms with Crippen molar-refractivity contribution in [3.05, 3.63) is 11.7 Å². The summed E-state index contributed by atoms with van der Waals surface area (Å²) >= 11 is 0. The van der Waals surface area contributed by atoms with Crippen LogP contribution in [0.4, 0.5) is 0 Å². The molecule has 1 aliphatic carbocycles. The van der Waals surface area contributed by atoms with E-state index in [1.54, 1.807) is 6.92 Å². The van der Waals surface area contributed by atoms with Crippen molar-refractivity contribution in [1.29, 1.82) is 0 Å². The van der Waals surface area contributed by atoms with Crippen LogP contribution >= 0.6 is 0 Å². The fourth-order valence-electron chi connectivity index (χ4n) is 2.26. The molecule has 1 aromatic rings. The Kier molecular flexibility index (Phi) is 3.17. The Hall–Kier alpha value is -1.39. The van der Waals surface area contributed by atoms with E-state index < -0.39 is 5.54 Å². The number of carbonyl (C=O) groups excluding carboxylic acids is 1. The van der Waals surface area contributed by atoms with Crippen LogP contribution in [0.2, 0.25) is 0 Å². The van der Waals surface area contributed by atoms with Crippen molar-refractivity contribution in [1.82, 2.24) is 15.5 Å². The zero-order valence-electron chi connectivity index (χ0n) is 10.6. The van der Waals surface area contributed by atoms with E-state index in [0.29, 0.717) is 11.7 Å². The van der Waals surface area contributed by atoms with Gasteiger partial charge in [-0.1, -0.05) is 31.8 Å². The minimum absolute atomic E-state index is 0.0273. The van der Waals surface area contributed by atoms with Crippen LogP contribution in [-0.2, 0) is 10.3 Å². The van der Waals surface area contributed by atoms with Crippen LogP contribution < -0.4 is 5.32 Å². The lowest BCUT2D eigenvalue weighted by molar-refractivity contribution is -0.126. The lowest BCUT2D eigenvalue weighted by Crippen LogP contribution is -2.46. The lowest BCUT2D eigenvalue weighted by atomic mass is 9.95. The average Bonchev–Trinajstić information content (AvgIpc) is 2.87. The van der Waals surface area contributed by atoms with Crippen LogP contribution in [0.25, 0.3) is 0 Å². The highest BCUT2D eigenvalue weighted by Gasteiger charge is 2.41. The molecule has 0 aromatic carbocycles. The van der Waals surface area contributed by atoms with Crippen molar-refractivity contribution < 1.29 is 9.32 Å². The fourth-order valence-corrected chi connectivity index (χ4v) is 2.26. The number of hydrogen-bond acceptors (Lipinski definition) is 4. The molecule has 0 saturated heterocycles. The Labute approximate surface area is 101 Å². The highest BCUT2D eigenvalue weighted by atomic mass is 16.5. The minimum Gasteiger partial charge on any atom is -0.343 e. The van der Waals surface area contributed by atoms with Gasteiger partial charge in [-0.3, -0.25) is 4.79 Å². The molecule has 0 aliphatic heterocycles. The average molecular weight is 237 g/mol. The Morgan fingerprint density at radius 2 is 2.06 bits per heavy atom. The smallest absolute Gasteiger partial charge is 0.223 e. The zero-order valence-corrected chi connectivity index (χ0v) is 10.6. The number of amides is 1. The normalized spacial score (nSPS) is 18.6. The van der Waals surface area contributed by atoms with Gasteiger partial charge < -0.3 is 9.84 Å². The van der Waals surface area contributed by atoms with Gasteiger partial charge in [-0.25, -0.2) is 0 Å². The summed E-state index contributed by atoms with van der Waals surface area (Å²) in [5.74, 6) is 1.20. The van der Waals surface area contributed by atoms with Gasteiger partial charge in [-0.15, -0.1) is 0 Å². The topological polar surface area (TPSA) is 68.0 Å². The summed E-state index contributed by atoms with van der Waals surface area (Å²) in [5, 5.41) is 7.08. The second-order valence-electron chi connectivity index (χ2n) is 5.07. The summed E-state index contributed by atoms with van der Waals surface area (Å²) in [4.78, 5) is 16.2. The summed E-state index contributed by atoms with van der Waals surface area (Å²) in [5.41, 5.74) is -0.404. The summed E-state index contributed by atoms with van der Waals surface area (Å²) < 4.78 is 5.03. The number of hydrogen-bond donors (Lipinski definition) is 1. The molecule has 1 amide bonds. The molecular formula is C12H19N3O2. The van der Waals surface area contributed by atoms with Gasteiger partial charge in [0, 0.05) is 12.8 Å². The fraction of sp³-hybridized carbons (Fsp3) is 0.750. The van der Waals surface area contributed by atoms with Gasteiger partial charge in [-0.2, -0.15) is 4.98 Å². The molecule has 5 heteroatoms. The third kappa shape index (κ3) is 2.33. The van der Waals surface area contributed by atoms with E-state index >= 15 is 0 Å². The van der Waals surface area contributed by atoms with Gasteiger partial charge in [-0.05, 0) is 12.8 Å². The quantitative estimate of drug-likeness (QED) is 0.872. The van der Waals surface area contributed by atoms with Gasteiger partial charge in [0.1, 0.15) is 5.54 Å². The first kappa shape index (κ1) is 12.1. The maximum Gasteiger partial charge on any atom is 0.223 e. The predicted octanol–water partition coefficient (Wildman–Crippen LogP) is 1.92.